The lowest BCUT2D eigenvalue weighted by Crippen LogP contribution is -2.41. The molecule has 0 unspecified atom stereocenters. The Morgan fingerprint density at radius 1 is 1.14 bits per heavy atom. The lowest BCUT2D eigenvalue weighted by molar-refractivity contribution is -0.172. The Morgan fingerprint density at radius 3 is 2.14 bits per heavy atom. The van der Waals surface area contributed by atoms with E-state index in [2.05, 4.69) is 6.58 Å². The van der Waals surface area contributed by atoms with E-state index in [1.165, 1.54) is 0 Å². The molecule has 2 rings (SSSR count). The first-order valence-electron chi connectivity index (χ1n) is 7.90. The molecule has 0 saturated heterocycles. The third kappa shape index (κ3) is 2.57. The maximum atomic E-state index is 12.5. The molecule has 5 nitrogen and oxygen atoms in total. The van der Waals surface area contributed by atoms with Crippen LogP contribution in [0.1, 0.15) is 40.0 Å². The molecule has 0 aromatic heterocycles. The zero-order valence-corrected chi connectivity index (χ0v) is 13.5. The average Bonchev–Trinajstić information content (AvgIpc) is 2.98. The molecule has 3 atom stereocenters. The normalized spacial score (nSPS) is 29.0. The highest BCUT2D eigenvalue weighted by Crippen LogP contribution is 2.58. The maximum absolute atomic E-state index is 12.5. The fourth-order valence-corrected chi connectivity index (χ4v) is 4.01. The van der Waals surface area contributed by atoms with Gasteiger partial charge in [0.05, 0.1) is 13.2 Å². The number of ether oxygens (including phenoxy) is 2. The summed E-state index contributed by atoms with van der Waals surface area (Å²) in [4.78, 5) is 36.8. The summed E-state index contributed by atoms with van der Waals surface area (Å²) in [6.45, 7) is 9.47. The molecular formula is C17H24O5. The van der Waals surface area contributed by atoms with Crippen molar-refractivity contribution >= 4 is 17.7 Å². The van der Waals surface area contributed by atoms with Gasteiger partial charge in [-0.15, -0.1) is 0 Å². The minimum Gasteiger partial charge on any atom is -0.465 e. The number of hydrogen-bond acceptors (Lipinski definition) is 5. The summed E-state index contributed by atoms with van der Waals surface area (Å²) in [5.74, 6) is -1.11. The van der Waals surface area contributed by atoms with Gasteiger partial charge in [-0.2, -0.15) is 0 Å². The van der Waals surface area contributed by atoms with Crippen molar-refractivity contribution in [1.29, 1.82) is 0 Å². The van der Waals surface area contributed by atoms with Gasteiger partial charge in [-0.05, 0) is 51.9 Å². The monoisotopic (exact) mass is 308 g/mol. The van der Waals surface area contributed by atoms with Gasteiger partial charge in [-0.1, -0.05) is 12.2 Å². The quantitative estimate of drug-likeness (QED) is 0.443. The lowest BCUT2D eigenvalue weighted by atomic mass is 9.81. The number of carbonyl (C=O) groups is 3. The van der Waals surface area contributed by atoms with E-state index in [1.807, 2.05) is 0 Å². The Morgan fingerprint density at radius 2 is 1.68 bits per heavy atom. The molecule has 2 aliphatic carbocycles. The van der Waals surface area contributed by atoms with E-state index < -0.39 is 17.4 Å². The van der Waals surface area contributed by atoms with Gasteiger partial charge in [-0.25, -0.2) is 0 Å². The first-order chi connectivity index (χ1) is 10.4. The van der Waals surface area contributed by atoms with Crippen molar-refractivity contribution in [2.75, 3.05) is 13.2 Å². The minimum absolute atomic E-state index is 0.0150. The minimum atomic E-state index is -1.28. The van der Waals surface area contributed by atoms with Gasteiger partial charge in [0.15, 0.2) is 5.41 Å². The molecule has 0 heterocycles. The fourth-order valence-electron chi connectivity index (χ4n) is 4.01. The fraction of sp³-hybridized carbons (Fsp3) is 0.706. The number of allylic oxidation sites excluding steroid dienone is 1. The van der Waals surface area contributed by atoms with Crippen LogP contribution in [-0.4, -0.2) is 30.9 Å². The van der Waals surface area contributed by atoms with Crippen LogP contribution in [0.5, 0.6) is 0 Å². The van der Waals surface area contributed by atoms with Crippen molar-refractivity contribution in [3.8, 4) is 0 Å². The molecule has 2 saturated carbocycles. The van der Waals surface area contributed by atoms with Crippen LogP contribution in [0.25, 0.3) is 0 Å². The van der Waals surface area contributed by atoms with Crippen molar-refractivity contribution in [2.24, 2.45) is 23.2 Å². The van der Waals surface area contributed by atoms with Gasteiger partial charge >= 0.3 is 11.9 Å². The van der Waals surface area contributed by atoms with Crippen LogP contribution in [0, 0.1) is 23.2 Å². The second kappa shape index (κ2) is 6.23. The van der Waals surface area contributed by atoms with E-state index in [-0.39, 0.29) is 36.8 Å². The largest absolute Gasteiger partial charge is 0.465 e. The molecular weight excluding hydrogens is 284 g/mol. The highest BCUT2D eigenvalue weighted by Gasteiger charge is 2.61. The molecule has 22 heavy (non-hydrogen) atoms. The number of esters is 2. The van der Waals surface area contributed by atoms with Crippen LogP contribution in [0.4, 0.5) is 0 Å². The smallest absolute Gasteiger partial charge is 0.323 e. The van der Waals surface area contributed by atoms with E-state index in [0.29, 0.717) is 19.3 Å². The molecule has 2 fully saturated rings. The topological polar surface area (TPSA) is 69.7 Å². The Kier molecular flexibility index (Phi) is 4.73. The Hall–Kier alpha value is -1.65. The zero-order valence-electron chi connectivity index (χ0n) is 13.5. The Bertz CT molecular complexity index is 489. The molecule has 2 aliphatic rings. The molecule has 0 bridgehead atoms. The summed E-state index contributed by atoms with van der Waals surface area (Å²) in [6, 6.07) is 0. The lowest BCUT2D eigenvalue weighted by Gasteiger charge is -2.26. The van der Waals surface area contributed by atoms with E-state index in [4.69, 9.17) is 9.47 Å². The number of carbonyl (C=O) groups excluding carboxylic acids is 3. The van der Waals surface area contributed by atoms with Crippen molar-refractivity contribution in [2.45, 2.75) is 40.0 Å². The molecule has 0 aliphatic heterocycles. The molecule has 0 amide bonds. The van der Waals surface area contributed by atoms with Crippen LogP contribution in [0.2, 0.25) is 0 Å². The maximum Gasteiger partial charge on any atom is 0.323 e. The summed E-state index contributed by atoms with van der Waals surface area (Å²) >= 11 is 0. The number of Topliss-reactive ketones (excluding diaryl/α,β-unsaturated/α-hetero) is 1. The van der Waals surface area contributed by atoms with Crippen LogP contribution in [0.3, 0.4) is 0 Å². The molecule has 0 spiro atoms. The molecule has 0 aromatic carbocycles. The second-order valence-corrected chi connectivity index (χ2v) is 6.28. The number of fused-ring (bicyclic) bond motifs is 1. The summed E-state index contributed by atoms with van der Waals surface area (Å²) < 4.78 is 10.3. The third-order valence-electron chi connectivity index (χ3n) is 5.05. The molecule has 0 radical (unpaired) electrons. The standard InChI is InChI=1S/C17H24O5/c1-5-21-15(19)17(16(20)22-6-2)8-13-10(3)7-12(11(4)18)14(13)9-17/h12-14H,3,5-9H2,1-2,4H3/t12-,13+,14-/m0/s1. The summed E-state index contributed by atoms with van der Waals surface area (Å²) in [7, 11) is 0. The van der Waals surface area contributed by atoms with Crippen molar-refractivity contribution < 1.29 is 23.9 Å². The zero-order chi connectivity index (χ0) is 16.5. The summed E-state index contributed by atoms with van der Waals surface area (Å²) in [5, 5.41) is 0. The average molecular weight is 308 g/mol. The SMILES string of the molecule is C=C1C[C@@H](C(C)=O)[C@@H]2CC(C(=O)OCC)(C(=O)OCC)C[C@H]12. The number of rotatable bonds is 5. The summed E-state index contributed by atoms with van der Waals surface area (Å²) in [5.41, 5.74) is -0.320. The Balaban J connectivity index is 2.33. The van der Waals surface area contributed by atoms with Crippen molar-refractivity contribution in [3.05, 3.63) is 12.2 Å². The van der Waals surface area contributed by atoms with Crippen LogP contribution >= 0.6 is 0 Å². The third-order valence-corrected chi connectivity index (χ3v) is 5.05. The number of hydrogen-bond donors (Lipinski definition) is 0. The van der Waals surface area contributed by atoms with Gasteiger partial charge in [-0.3, -0.25) is 14.4 Å². The summed E-state index contributed by atoms with van der Waals surface area (Å²) in [6.07, 6.45) is 1.32. The second-order valence-electron chi connectivity index (χ2n) is 6.28. The van der Waals surface area contributed by atoms with Crippen LogP contribution in [-0.2, 0) is 23.9 Å². The van der Waals surface area contributed by atoms with Gasteiger partial charge in [0, 0.05) is 5.92 Å². The molecule has 5 heteroatoms. The first-order valence-corrected chi connectivity index (χ1v) is 7.90. The predicted molar refractivity (Wildman–Crippen MR) is 79.8 cm³/mol. The van der Waals surface area contributed by atoms with E-state index in [1.54, 1.807) is 20.8 Å². The highest BCUT2D eigenvalue weighted by atomic mass is 16.6. The van der Waals surface area contributed by atoms with Gasteiger partial charge in [0.1, 0.15) is 5.78 Å². The van der Waals surface area contributed by atoms with Crippen LogP contribution in [0.15, 0.2) is 12.2 Å². The van der Waals surface area contributed by atoms with Gasteiger partial charge < -0.3 is 9.47 Å². The van der Waals surface area contributed by atoms with Gasteiger partial charge in [0.25, 0.3) is 0 Å². The molecule has 122 valence electrons. The van der Waals surface area contributed by atoms with Crippen LogP contribution < -0.4 is 0 Å². The number of ketones is 1. The van der Waals surface area contributed by atoms with E-state index in [0.717, 1.165) is 5.57 Å². The van der Waals surface area contributed by atoms with E-state index in [9.17, 15) is 14.4 Å². The van der Waals surface area contributed by atoms with Gasteiger partial charge in [0.2, 0.25) is 0 Å². The first kappa shape index (κ1) is 16.7. The predicted octanol–water partition coefficient (Wildman–Crippen LogP) is 2.29. The van der Waals surface area contributed by atoms with E-state index >= 15 is 0 Å². The van der Waals surface area contributed by atoms with Crippen molar-refractivity contribution in [1.82, 2.24) is 0 Å². The Labute approximate surface area is 131 Å². The van der Waals surface area contributed by atoms with Crippen molar-refractivity contribution in [3.63, 3.8) is 0 Å². The highest BCUT2D eigenvalue weighted by molar-refractivity contribution is 6.00. The molecule has 0 N–H and O–H groups in total. The molecule has 0 aromatic rings.